The van der Waals surface area contributed by atoms with E-state index in [1.165, 1.54) is 11.8 Å². The van der Waals surface area contributed by atoms with Gasteiger partial charge in [-0.05, 0) is 34.1 Å². The van der Waals surface area contributed by atoms with Crippen molar-refractivity contribution in [3.8, 4) is 0 Å². The van der Waals surface area contributed by atoms with E-state index in [4.69, 9.17) is 0 Å². The minimum Gasteiger partial charge on any atom is -0.390 e. The summed E-state index contributed by atoms with van der Waals surface area (Å²) in [7, 11) is 0. The van der Waals surface area contributed by atoms with Crippen LogP contribution in [0.4, 0.5) is 0 Å². The third-order valence-corrected chi connectivity index (χ3v) is 3.20. The lowest BCUT2D eigenvalue weighted by Gasteiger charge is -2.15. The highest BCUT2D eigenvalue weighted by molar-refractivity contribution is 7.99. The van der Waals surface area contributed by atoms with Crippen molar-refractivity contribution in [1.29, 1.82) is 0 Å². The lowest BCUT2D eigenvalue weighted by atomic mass is 10.1. The first kappa shape index (κ1) is 13.3. The average molecular weight is 242 g/mol. The molecule has 0 aliphatic rings. The first-order valence-electron chi connectivity index (χ1n) is 5.22. The van der Waals surface area contributed by atoms with E-state index in [2.05, 4.69) is 9.97 Å². The van der Waals surface area contributed by atoms with Gasteiger partial charge < -0.3 is 10.1 Å². The Balaban J connectivity index is 2.66. The Labute approximate surface area is 99.5 Å². The molecule has 16 heavy (non-hydrogen) atoms. The molecule has 0 bridgehead atoms. The van der Waals surface area contributed by atoms with Crippen molar-refractivity contribution < 1.29 is 5.11 Å². The van der Waals surface area contributed by atoms with Gasteiger partial charge in [0.05, 0.1) is 5.60 Å². The average Bonchev–Trinajstić information content (AvgIpc) is 2.12. The topological polar surface area (TPSA) is 66.0 Å². The van der Waals surface area contributed by atoms with Crippen molar-refractivity contribution in [2.75, 3.05) is 5.75 Å². The highest BCUT2D eigenvalue weighted by atomic mass is 32.2. The number of aryl methyl sites for hydroxylation is 1. The normalized spacial score (nSPS) is 11.8. The number of nitrogens with one attached hydrogen (secondary N) is 1. The predicted octanol–water partition coefficient (Wildman–Crippen LogP) is 1.64. The van der Waals surface area contributed by atoms with Crippen molar-refractivity contribution >= 4 is 11.8 Å². The van der Waals surface area contributed by atoms with Gasteiger partial charge in [-0.1, -0.05) is 11.8 Å². The molecule has 0 atom stereocenters. The number of aromatic nitrogens is 2. The summed E-state index contributed by atoms with van der Waals surface area (Å²) in [6, 6.07) is 0. The molecule has 1 heterocycles. The fourth-order valence-electron chi connectivity index (χ4n) is 1.09. The Morgan fingerprint density at radius 3 is 2.56 bits per heavy atom. The molecule has 1 aromatic rings. The van der Waals surface area contributed by atoms with Crippen LogP contribution in [0.1, 0.15) is 31.5 Å². The van der Waals surface area contributed by atoms with Crippen molar-refractivity contribution in [1.82, 2.24) is 9.97 Å². The number of aliphatic hydroxyl groups is 1. The van der Waals surface area contributed by atoms with E-state index in [0.29, 0.717) is 17.1 Å². The molecule has 4 nitrogen and oxygen atoms in total. The van der Waals surface area contributed by atoms with Crippen molar-refractivity contribution in [3.05, 3.63) is 21.6 Å². The summed E-state index contributed by atoms with van der Waals surface area (Å²) in [5.41, 5.74) is 0.659. The predicted molar refractivity (Wildman–Crippen MR) is 66.0 cm³/mol. The van der Waals surface area contributed by atoms with Gasteiger partial charge in [-0.2, -0.15) is 0 Å². The quantitative estimate of drug-likeness (QED) is 0.622. The third-order valence-electron chi connectivity index (χ3n) is 2.33. The van der Waals surface area contributed by atoms with Crippen molar-refractivity contribution in [3.63, 3.8) is 0 Å². The Hall–Kier alpha value is -0.810. The third kappa shape index (κ3) is 3.98. The Kier molecular flexibility index (Phi) is 4.15. The molecule has 0 radical (unpaired) electrons. The van der Waals surface area contributed by atoms with Crippen LogP contribution in [0, 0.1) is 13.8 Å². The van der Waals surface area contributed by atoms with Gasteiger partial charge in [-0.3, -0.25) is 4.79 Å². The SMILES string of the molecule is Cc1nc(SCCC(C)(C)O)[nH]c(=O)c1C. The molecule has 0 spiro atoms. The van der Waals surface area contributed by atoms with Gasteiger partial charge in [0.25, 0.3) is 5.56 Å². The summed E-state index contributed by atoms with van der Waals surface area (Å²) in [5, 5.41) is 10.2. The number of thioether (sulfide) groups is 1. The lowest BCUT2D eigenvalue weighted by Crippen LogP contribution is -2.19. The minimum absolute atomic E-state index is 0.0849. The molecule has 0 unspecified atom stereocenters. The number of hydrogen-bond acceptors (Lipinski definition) is 4. The smallest absolute Gasteiger partial charge is 0.254 e. The second-order valence-corrected chi connectivity index (χ2v) is 5.58. The lowest BCUT2D eigenvalue weighted by molar-refractivity contribution is 0.0777. The van der Waals surface area contributed by atoms with E-state index in [1.807, 2.05) is 6.92 Å². The van der Waals surface area contributed by atoms with E-state index in [0.717, 1.165) is 11.4 Å². The molecule has 5 heteroatoms. The van der Waals surface area contributed by atoms with Gasteiger partial charge in [0.1, 0.15) is 0 Å². The minimum atomic E-state index is -0.674. The zero-order chi connectivity index (χ0) is 12.3. The highest BCUT2D eigenvalue weighted by Gasteiger charge is 2.12. The number of hydrogen-bond donors (Lipinski definition) is 2. The molecular weight excluding hydrogens is 224 g/mol. The highest BCUT2D eigenvalue weighted by Crippen LogP contribution is 2.18. The Bertz CT molecular complexity index is 421. The molecule has 1 rings (SSSR count). The van der Waals surface area contributed by atoms with Crippen LogP contribution >= 0.6 is 11.8 Å². The van der Waals surface area contributed by atoms with E-state index >= 15 is 0 Å². The van der Waals surface area contributed by atoms with Crippen LogP contribution in [-0.2, 0) is 0 Å². The van der Waals surface area contributed by atoms with Gasteiger partial charge in [0.15, 0.2) is 5.16 Å². The number of nitrogens with zero attached hydrogens (tertiary/aromatic N) is 1. The molecule has 90 valence electrons. The summed E-state index contributed by atoms with van der Waals surface area (Å²) < 4.78 is 0. The maximum atomic E-state index is 11.5. The molecule has 0 amide bonds. The monoisotopic (exact) mass is 242 g/mol. The van der Waals surface area contributed by atoms with Crippen LogP contribution in [0.2, 0.25) is 0 Å². The Morgan fingerprint density at radius 2 is 2.06 bits per heavy atom. The molecule has 0 saturated carbocycles. The van der Waals surface area contributed by atoms with E-state index in [9.17, 15) is 9.90 Å². The Morgan fingerprint density at radius 1 is 1.44 bits per heavy atom. The van der Waals surface area contributed by atoms with Gasteiger partial charge in [-0.25, -0.2) is 4.98 Å². The van der Waals surface area contributed by atoms with Crippen LogP contribution in [0.25, 0.3) is 0 Å². The molecule has 0 aliphatic heterocycles. The summed E-state index contributed by atoms with van der Waals surface area (Å²) in [6.45, 7) is 7.12. The molecular formula is C11H18N2O2S. The van der Waals surface area contributed by atoms with Crippen molar-refractivity contribution in [2.24, 2.45) is 0 Å². The zero-order valence-corrected chi connectivity index (χ0v) is 10.9. The molecule has 1 aromatic heterocycles. The summed E-state index contributed by atoms with van der Waals surface area (Å²) in [6.07, 6.45) is 0.661. The number of rotatable bonds is 4. The molecule has 0 saturated heterocycles. The van der Waals surface area contributed by atoms with E-state index < -0.39 is 5.60 Å². The number of aromatic amines is 1. The molecule has 0 fully saturated rings. The second-order valence-electron chi connectivity index (χ2n) is 4.49. The van der Waals surface area contributed by atoms with Crippen LogP contribution in [0.15, 0.2) is 9.95 Å². The first-order chi connectivity index (χ1) is 7.29. The zero-order valence-electron chi connectivity index (χ0n) is 10.1. The molecule has 0 aromatic carbocycles. The second kappa shape index (κ2) is 5.01. The van der Waals surface area contributed by atoms with Crippen LogP contribution < -0.4 is 5.56 Å². The van der Waals surface area contributed by atoms with Crippen LogP contribution in [0.5, 0.6) is 0 Å². The molecule has 0 aliphatic carbocycles. The largest absolute Gasteiger partial charge is 0.390 e. The fourth-order valence-corrected chi connectivity index (χ4v) is 2.25. The first-order valence-corrected chi connectivity index (χ1v) is 6.21. The van der Waals surface area contributed by atoms with Gasteiger partial charge in [0.2, 0.25) is 0 Å². The standard InChI is InChI=1S/C11H18N2O2S/c1-7-8(2)12-10(13-9(7)14)16-6-5-11(3,4)15/h15H,5-6H2,1-4H3,(H,12,13,14). The van der Waals surface area contributed by atoms with Gasteiger partial charge in [-0.15, -0.1) is 0 Å². The van der Waals surface area contributed by atoms with Gasteiger partial charge >= 0.3 is 0 Å². The summed E-state index contributed by atoms with van der Waals surface area (Å²) in [5.74, 6) is 0.731. The van der Waals surface area contributed by atoms with Crippen LogP contribution in [0.3, 0.4) is 0 Å². The van der Waals surface area contributed by atoms with Crippen LogP contribution in [-0.4, -0.2) is 26.4 Å². The fraction of sp³-hybridized carbons (Fsp3) is 0.636. The maximum Gasteiger partial charge on any atom is 0.254 e. The molecule has 2 N–H and O–H groups in total. The number of H-pyrrole nitrogens is 1. The van der Waals surface area contributed by atoms with Gasteiger partial charge in [0, 0.05) is 17.0 Å². The van der Waals surface area contributed by atoms with E-state index in [1.54, 1.807) is 20.8 Å². The summed E-state index contributed by atoms with van der Waals surface area (Å²) in [4.78, 5) is 18.5. The maximum absolute atomic E-state index is 11.5. The summed E-state index contributed by atoms with van der Waals surface area (Å²) >= 11 is 1.46. The van der Waals surface area contributed by atoms with E-state index in [-0.39, 0.29) is 5.56 Å². The van der Waals surface area contributed by atoms with Crippen molar-refractivity contribution in [2.45, 2.75) is 44.9 Å².